The van der Waals surface area contributed by atoms with Gasteiger partial charge in [0.05, 0.1) is 30.1 Å². The van der Waals surface area contributed by atoms with Crippen molar-refractivity contribution in [1.82, 2.24) is 24.6 Å². The Morgan fingerprint density at radius 2 is 2.36 bits per heavy atom. The van der Waals surface area contributed by atoms with Gasteiger partial charge < -0.3 is 10.4 Å². The maximum atomic E-state index is 11.6. The SMILES string of the molecule is CNC(=O)CC1(O)CCCN(Cc2cnc3cnccn23)C1. The van der Waals surface area contributed by atoms with Gasteiger partial charge in [-0.3, -0.25) is 19.1 Å². The molecule has 22 heavy (non-hydrogen) atoms. The maximum Gasteiger partial charge on any atom is 0.222 e. The fraction of sp³-hybridized carbons (Fsp3) is 0.533. The molecule has 1 atom stereocenters. The third-order valence-corrected chi connectivity index (χ3v) is 4.18. The highest BCUT2D eigenvalue weighted by Crippen LogP contribution is 2.25. The van der Waals surface area contributed by atoms with Crippen LogP contribution in [0.3, 0.4) is 0 Å². The number of aromatic nitrogens is 3. The van der Waals surface area contributed by atoms with Gasteiger partial charge in [0.2, 0.25) is 5.91 Å². The van der Waals surface area contributed by atoms with Crippen LogP contribution in [0.5, 0.6) is 0 Å². The summed E-state index contributed by atoms with van der Waals surface area (Å²) < 4.78 is 2.00. The molecule has 7 heteroatoms. The molecule has 3 heterocycles. The highest BCUT2D eigenvalue weighted by molar-refractivity contribution is 5.76. The number of amides is 1. The van der Waals surface area contributed by atoms with Crippen LogP contribution in [-0.2, 0) is 11.3 Å². The zero-order valence-corrected chi connectivity index (χ0v) is 12.7. The Bertz CT molecular complexity index is 671. The van der Waals surface area contributed by atoms with Crippen LogP contribution in [0.15, 0.2) is 24.8 Å². The van der Waals surface area contributed by atoms with Crippen LogP contribution in [0.25, 0.3) is 5.65 Å². The molecule has 3 rings (SSSR count). The number of fused-ring (bicyclic) bond motifs is 1. The first kappa shape index (κ1) is 14.9. The van der Waals surface area contributed by atoms with Crippen LogP contribution in [0.1, 0.15) is 25.0 Å². The number of imidazole rings is 1. The van der Waals surface area contributed by atoms with Gasteiger partial charge in [-0.05, 0) is 19.4 Å². The molecule has 0 aliphatic carbocycles. The highest BCUT2D eigenvalue weighted by atomic mass is 16.3. The van der Waals surface area contributed by atoms with E-state index in [1.54, 1.807) is 19.4 Å². The number of hydrogen-bond acceptors (Lipinski definition) is 5. The van der Waals surface area contributed by atoms with Crippen molar-refractivity contribution < 1.29 is 9.90 Å². The summed E-state index contributed by atoms with van der Waals surface area (Å²) in [4.78, 5) is 22.1. The van der Waals surface area contributed by atoms with E-state index < -0.39 is 5.60 Å². The van der Waals surface area contributed by atoms with E-state index in [2.05, 4.69) is 20.2 Å². The first-order valence-corrected chi connectivity index (χ1v) is 7.51. The Kier molecular flexibility index (Phi) is 4.08. The van der Waals surface area contributed by atoms with Crippen molar-refractivity contribution in [3.05, 3.63) is 30.5 Å². The second-order valence-electron chi connectivity index (χ2n) is 5.94. The number of carbonyl (C=O) groups is 1. The maximum absolute atomic E-state index is 11.6. The van der Waals surface area contributed by atoms with Crippen molar-refractivity contribution in [2.75, 3.05) is 20.1 Å². The standard InChI is InChI=1S/C15H21N5O2/c1-16-14(21)7-15(22)3-2-5-19(11-15)10-12-8-18-13-9-17-4-6-20(12)13/h4,6,8-9,22H,2-3,5,7,10-11H2,1H3,(H,16,21). The largest absolute Gasteiger partial charge is 0.388 e. The first-order valence-electron chi connectivity index (χ1n) is 7.51. The second-order valence-corrected chi connectivity index (χ2v) is 5.94. The molecule has 0 spiro atoms. The van der Waals surface area contributed by atoms with E-state index in [0.29, 0.717) is 19.5 Å². The van der Waals surface area contributed by atoms with Crippen LogP contribution >= 0.6 is 0 Å². The smallest absolute Gasteiger partial charge is 0.222 e. The molecular weight excluding hydrogens is 282 g/mol. The van der Waals surface area contributed by atoms with E-state index in [0.717, 1.165) is 24.3 Å². The third kappa shape index (κ3) is 3.10. The van der Waals surface area contributed by atoms with Crippen LogP contribution in [0.2, 0.25) is 0 Å². The minimum atomic E-state index is -0.944. The summed E-state index contributed by atoms with van der Waals surface area (Å²) in [5.41, 5.74) is 0.928. The normalized spacial score (nSPS) is 22.8. The molecule has 1 unspecified atom stereocenters. The highest BCUT2D eigenvalue weighted by Gasteiger charge is 2.35. The molecule has 118 valence electrons. The molecule has 0 radical (unpaired) electrons. The molecule has 2 aromatic heterocycles. The van der Waals surface area contributed by atoms with Gasteiger partial charge in [0.1, 0.15) is 0 Å². The summed E-state index contributed by atoms with van der Waals surface area (Å²) in [6.45, 7) is 2.11. The van der Waals surface area contributed by atoms with Crippen molar-refractivity contribution in [2.24, 2.45) is 0 Å². The monoisotopic (exact) mass is 303 g/mol. The predicted octanol–water partition coefficient (Wildman–Crippen LogP) is 0.192. The summed E-state index contributed by atoms with van der Waals surface area (Å²) in [5, 5.41) is 13.2. The molecule has 1 saturated heterocycles. The van der Waals surface area contributed by atoms with Crippen molar-refractivity contribution in [3.8, 4) is 0 Å². The van der Waals surface area contributed by atoms with E-state index in [-0.39, 0.29) is 12.3 Å². The summed E-state index contributed by atoms with van der Waals surface area (Å²) in [6, 6.07) is 0. The molecule has 1 fully saturated rings. The molecule has 0 bridgehead atoms. The Morgan fingerprint density at radius 3 is 3.18 bits per heavy atom. The topological polar surface area (TPSA) is 82.8 Å². The van der Waals surface area contributed by atoms with Crippen molar-refractivity contribution in [3.63, 3.8) is 0 Å². The lowest BCUT2D eigenvalue weighted by molar-refractivity contribution is -0.128. The van der Waals surface area contributed by atoms with E-state index in [1.165, 1.54) is 0 Å². The van der Waals surface area contributed by atoms with E-state index in [1.807, 2.05) is 16.8 Å². The quantitative estimate of drug-likeness (QED) is 0.843. The zero-order chi connectivity index (χ0) is 15.6. The van der Waals surface area contributed by atoms with Gasteiger partial charge in [-0.2, -0.15) is 0 Å². The Labute approximate surface area is 129 Å². The average Bonchev–Trinajstić information content (AvgIpc) is 2.90. The summed E-state index contributed by atoms with van der Waals surface area (Å²) in [7, 11) is 1.60. The molecule has 0 saturated carbocycles. The van der Waals surface area contributed by atoms with E-state index in [9.17, 15) is 9.90 Å². The van der Waals surface area contributed by atoms with Gasteiger partial charge in [-0.25, -0.2) is 4.98 Å². The average molecular weight is 303 g/mol. The molecule has 1 aliphatic rings. The summed E-state index contributed by atoms with van der Waals surface area (Å²) in [5.74, 6) is -0.120. The number of hydrogen-bond donors (Lipinski definition) is 2. The lowest BCUT2D eigenvalue weighted by atomic mass is 9.89. The number of carbonyl (C=O) groups excluding carboxylic acids is 1. The van der Waals surface area contributed by atoms with E-state index >= 15 is 0 Å². The Balaban J connectivity index is 1.71. The van der Waals surface area contributed by atoms with Crippen molar-refractivity contribution in [1.29, 1.82) is 0 Å². The van der Waals surface area contributed by atoms with Gasteiger partial charge in [0.25, 0.3) is 0 Å². The number of piperidine rings is 1. The summed E-state index contributed by atoms with van der Waals surface area (Å²) in [6.07, 6.45) is 8.87. The number of nitrogens with zero attached hydrogens (tertiary/aromatic N) is 4. The van der Waals surface area contributed by atoms with Gasteiger partial charge >= 0.3 is 0 Å². The minimum Gasteiger partial charge on any atom is -0.388 e. The molecule has 1 aliphatic heterocycles. The Hall–Kier alpha value is -1.99. The molecule has 2 aromatic rings. The number of β-amino-alcohol motifs (C(OH)–C–C–N with tert-alkyl or cyclic N) is 1. The fourth-order valence-corrected chi connectivity index (χ4v) is 3.11. The number of likely N-dealkylation sites (tertiary alicyclic amines) is 1. The minimum absolute atomic E-state index is 0.120. The molecule has 0 aromatic carbocycles. The zero-order valence-electron chi connectivity index (χ0n) is 12.7. The fourth-order valence-electron chi connectivity index (χ4n) is 3.11. The van der Waals surface area contributed by atoms with Crippen LogP contribution in [0, 0.1) is 0 Å². The second kappa shape index (κ2) is 6.02. The Morgan fingerprint density at radius 1 is 1.50 bits per heavy atom. The van der Waals surface area contributed by atoms with Gasteiger partial charge in [-0.15, -0.1) is 0 Å². The predicted molar refractivity (Wildman–Crippen MR) is 81.1 cm³/mol. The van der Waals surface area contributed by atoms with Crippen molar-refractivity contribution >= 4 is 11.6 Å². The van der Waals surface area contributed by atoms with Crippen molar-refractivity contribution in [2.45, 2.75) is 31.4 Å². The molecule has 2 N–H and O–H groups in total. The number of aliphatic hydroxyl groups is 1. The number of rotatable bonds is 4. The lowest BCUT2D eigenvalue weighted by Gasteiger charge is -2.38. The number of nitrogens with one attached hydrogen (secondary N) is 1. The third-order valence-electron chi connectivity index (χ3n) is 4.18. The van der Waals surface area contributed by atoms with Gasteiger partial charge in [0, 0.05) is 32.5 Å². The lowest BCUT2D eigenvalue weighted by Crippen LogP contribution is -2.50. The van der Waals surface area contributed by atoms with Crippen LogP contribution < -0.4 is 5.32 Å². The van der Waals surface area contributed by atoms with Gasteiger partial charge in [-0.1, -0.05) is 0 Å². The summed E-state index contributed by atoms with van der Waals surface area (Å²) >= 11 is 0. The van der Waals surface area contributed by atoms with Crippen LogP contribution in [-0.4, -0.2) is 56.0 Å². The van der Waals surface area contributed by atoms with Crippen LogP contribution in [0.4, 0.5) is 0 Å². The molecular formula is C15H21N5O2. The molecule has 1 amide bonds. The van der Waals surface area contributed by atoms with E-state index in [4.69, 9.17) is 0 Å². The first-order chi connectivity index (χ1) is 10.6. The molecule has 7 nitrogen and oxygen atoms in total. The van der Waals surface area contributed by atoms with Gasteiger partial charge in [0.15, 0.2) is 5.65 Å².